The Balaban J connectivity index is 1.41. The molecule has 0 saturated carbocycles. The molecule has 4 rings (SSSR count). The first-order valence-electron chi connectivity index (χ1n) is 11.4. The van der Waals surface area contributed by atoms with Crippen molar-refractivity contribution in [1.82, 2.24) is 9.62 Å². The topological polar surface area (TPSA) is 75.7 Å². The molecule has 2 atom stereocenters. The van der Waals surface area contributed by atoms with Crippen LogP contribution in [0.4, 0.5) is 0 Å². The van der Waals surface area contributed by atoms with E-state index in [2.05, 4.69) is 23.5 Å². The number of hydrogen-bond donors (Lipinski definition) is 1. The van der Waals surface area contributed by atoms with Crippen molar-refractivity contribution in [3.8, 4) is 5.75 Å². The van der Waals surface area contributed by atoms with Crippen LogP contribution >= 0.6 is 0 Å². The first-order valence-corrected chi connectivity index (χ1v) is 12.9. The molecular formula is C25H32N2O4S. The van der Waals surface area contributed by atoms with E-state index in [9.17, 15) is 13.2 Å². The zero-order valence-corrected chi connectivity index (χ0v) is 19.7. The fourth-order valence-electron chi connectivity index (χ4n) is 4.71. The van der Waals surface area contributed by atoms with Gasteiger partial charge in [0.2, 0.25) is 15.9 Å². The Morgan fingerprint density at radius 2 is 1.78 bits per heavy atom. The van der Waals surface area contributed by atoms with Gasteiger partial charge >= 0.3 is 0 Å². The molecule has 1 aliphatic heterocycles. The van der Waals surface area contributed by atoms with E-state index < -0.39 is 10.0 Å². The van der Waals surface area contributed by atoms with Gasteiger partial charge in [0.1, 0.15) is 5.75 Å². The molecule has 1 aliphatic carbocycles. The molecule has 1 heterocycles. The summed E-state index contributed by atoms with van der Waals surface area (Å²) in [6.45, 7) is 2.63. The predicted octanol–water partition coefficient (Wildman–Crippen LogP) is 3.85. The standard InChI is InChI=1S/C25H32N2O4S/c1-18(20-10-9-19-6-3-4-7-21(19)16-20)26-25(28)22-8-5-15-27(17-22)32(29,30)24-13-11-23(31-2)12-14-24/h9-14,16,18,22H,3-8,15,17H2,1-2H3,(H,26,28). The van der Waals surface area contributed by atoms with E-state index >= 15 is 0 Å². The third kappa shape index (κ3) is 4.84. The van der Waals surface area contributed by atoms with Crippen molar-refractivity contribution in [2.75, 3.05) is 20.2 Å². The van der Waals surface area contributed by atoms with E-state index in [4.69, 9.17) is 4.74 Å². The second-order valence-electron chi connectivity index (χ2n) is 8.84. The van der Waals surface area contributed by atoms with Gasteiger partial charge in [0.15, 0.2) is 0 Å². The summed E-state index contributed by atoms with van der Waals surface area (Å²) in [5, 5.41) is 3.12. The number of amides is 1. The Morgan fingerprint density at radius 3 is 2.50 bits per heavy atom. The van der Waals surface area contributed by atoms with E-state index in [-0.39, 0.29) is 29.3 Å². The third-order valence-corrected chi connectivity index (χ3v) is 8.56. The molecule has 1 amide bonds. The van der Waals surface area contributed by atoms with Gasteiger partial charge < -0.3 is 10.1 Å². The second-order valence-corrected chi connectivity index (χ2v) is 10.8. The van der Waals surface area contributed by atoms with E-state index in [1.54, 1.807) is 31.4 Å². The number of hydrogen-bond acceptors (Lipinski definition) is 4. The molecule has 1 fully saturated rings. The van der Waals surface area contributed by atoms with Crippen molar-refractivity contribution in [1.29, 1.82) is 0 Å². The van der Waals surface area contributed by atoms with Crippen molar-refractivity contribution in [2.24, 2.45) is 5.92 Å². The Labute approximate surface area is 191 Å². The lowest BCUT2D eigenvalue weighted by atomic mass is 9.89. The average molecular weight is 457 g/mol. The van der Waals surface area contributed by atoms with Crippen LogP contribution in [0.2, 0.25) is 0 Å². The Bertz CT molecular complexity index is 1070. The van der Waals surface area contributed by atoms with Gasteiger partial charge in [-0.15, -0.1) is 0 Å². The first-order chi connectivity index (χ1) is 15.4. The molecule has 2 aromatic rings. The normalized spacial score (nSPS) is 20.2. The number of rotatable bonds is 6. The minimum atomic E-state index is -3.65. The van der Waals surface area contributed by atoms with E-state index in [1.807, 2.05) is 6.92 Å². The van der Waals surface area contributed by atoms with Crippen LogP contribution in [0.15, 0.2) is 47.4 Å². The summed E-state index contributed by atoms with van der Waals surface area (Å²) < 4.78 is 32.7. The number of nitrogens with one attached hydrogen (secondary N) is 1. The molecule has 32 heavy (non-hydrogen) atoms. The lowest BCUT2D eigenvalue weighted by molar-refractivity contribution is -0.126. The maximum atomic E-state index is 13.1. The molecule has 0 spiro atoms. The zero-order valence-electron chi connectivity index (χ0n) is 18.8. The monoisotopic (exact) mass is 456 g/mol. The quantitative estimate of drug-likeness (QED) is 0.716. The molecule has 0 radical (unpaired) electrons. The van der Waals surface area contributed by atoms with Crippen molar-refractivity contribution < 1.29 is 17.9 Å². The highest BCUT2D eigenvalue weighted by Gasteiger charge is 2.33. The van der Waals surface area contributed by atoms with Gasteiger partial charge in [-0.25, -0.2) is 8.42 Å². The molecule has 1 saturated heterocycles. The largest absolute Gasteiger partial charge is 0.497 e. The number of nitrogens with zero attached hydrogens (tertiary/aromatic N) is 1. The highest BCUT2D eigenvalue weighted by Crippen LogP contribution is 2.27. The summed E-state index contributed by atoms with van der Waals surface area (Å²) in [4.78, 5) is 13.2. The number of methoxy groups -OCH3 is 1. The van der Waals surface area contributed by atoms with E-state index in [0.717, 1.165) is 18.4 Å². The molecule has 2 aromatic carbocycles. The van der Waals surface area contributed by atoms with Crippen molar-refractivity contribution in [3.63, 3.8) is 0 Å². The fraction of sp³-hybridized carbons (Fsp3) is 0.480. The lowest BCUT2D eigenvalue weighted by Gasteiger charge is -2.32. The summed E-state index contributed by atoms with van der Waals surface area (Å²) in [5.74, 6) is 0.178. The average Bonchev–Trinajstić information content (AvgIpc) is 2.83. The smallest absolute Gasteiger partial charge is 0.243 e. The SMILES string of the molecule is COc1ccc(S(=O)(=O)N2CCCC(C(=O)NC(C)c3ccc4c(c3)CCCC4)C2)cc1. The van der Waals surface area contributed by atoms with Crippen LogP contribution in [0.25, 0.3) is 0 Å². The zero-order chi connectivity index (χ0) is 22.7. The molecule has 0 bridgehead atoms. The number of fused-ring (bicyclic) bond motifs is 1. The lowest BCUT2D eigenvalue weighted by Crippen LogP contribution is -2.45. The van der Waals surface area contributed by atoms with Gasteiger partial charge in [-0.2, -0.15) is 4.31 Å². The Kier molecular flexibility index (Phi) is 6.86. The van der Waals surface area contributed by atoms with Gasteiger partial charge in [0.25, 0.3) is 0 Å². The third-order valence-electron chi connectivity index (χ3n) is 6.68. The fourth-order valence-corrected chi connectivity index (χ4v) is 6.23. The van der Waals surface area contributed by atoms with Crippen LogP contribution in [-0.4, -0.2) is 38.8 Å². The molecule has 1 N–H and O–H groups in total. The summed E-state index contributed by atoms with van der Waals surface area (Å²) in [5.41, 5.74) is 3.92. The second kappa shape index (κ2) is 9.63. The van der Waals surface area contributed by atoms with Crippen LogP contribution in [0, 0.1) is 5.92 Å². The van der Waals surface area contributed by atoms with Crippen LogP contribution in [0.5, 0.6) is 5.75 Å². The minimum absolute atomic E-state index is 0.0788. The number of aryl methyl sites for hydroxylation is 2. The minimum Gasteiger partial charge on any atom is -0.497 e. The van der Waals surface area contributed by atoms with Crippen LogP contribution in [-0.2, 0) is 27.7 Å². The van der Waals surface area contributed by atoms with Gasteiger partial charge in [-0.3, -0.25) is 4.79 Å². The van der Waals surface area contributed by atoms with Gasteiger partial charge in [-0.1, -0.05) is 18.2 Å². The summed E-state index contributed by atoms with van der Waals surface area (Å²) in [6.07, 6.45) is 6.06. The maximum absolute atomic E-state index is 13.1. The first kappa shape index (κ1) is 22.8. The van der Waals surface area contributed by atoms with Crippen LogP contribution < -0.4 is 10.1 Å². The Hall–Kier alpha value is -2.38. The van der Waals surface area contributed by atoms with E-state index in [1.165, 1.54) is 28.3 Å². The Morgan fingerprint density at radius 1 is 1.06 bits per heavy atom. The number of piperidine rings is 1. The number of carbonyl (C=O) groups is 1. The number of sulfonamides is 1. The predicted molar refractivity (Wildman–Crippen MR) is 124 cm³/mol. The maximum Gasteiger partial charge on any atom is 0.243 e. The molecule has 172 valence electrons. The van der Waals surface area contributed by atoms with Crippen molar-refractivity contribution >= 4 is 15.9 Å². The highest BCUT2D eigenvalue weighted by atomic mass is 32.2. The summed E-state index contributed by atoms with van der Waals surface area (Å²) in [7, 11) is -2.10. The summed E-state index contributed by atoms with van der Waals surface area (Å²) >= 11 is 0. The van der Waals surface area contributed by atoms with Gasteiger partial charge in [0.05, 0.1) is 24.0 Å². The van der Waals surface area contributed by atoms with Gasteiger partial charge in [0, 0.05) is 13.1 Å². The van der Waals surface area contributed by atoms with Crippen molar-refractivity contribution in [3.05, 3.63) is 59.2 Å². The van der Waals surface area contributed by atoms with Gasteiger partial charge in [-0.05, 0) is 86.4 Å². The molecule has 6 nitrogen and oxygen atoms in total. The molecule has 0 aromatic heterocycles. The van der Waals surface area contributed by atoms with E-state index in [0.29, 0.717) is 25.1 Å². The van der Waals surface area contributed by atoms with Crippen LogP contribution in [0.3, 0.4) is 0 Å². The number of ether oxygens (including phenoxy) is 1. The summed E-state index contributed by atoms with van der Waals surface area (Å²) in [6, 6.07) is 12.8. The van der Waals surface area contributed by atoms with Crippen molar-refractivity contribution in [2.45, 2.75) is 56.4 Å². The number of benzene rings is 2. The van der Waals surface area contributed by atoms with Crippen LogP contribution in [0.1, 0.15) is 55.3 Å². The molecule has 7 heteroatoms. The molecule has 2 aliphatic rings. The highest BCUT2D eigenvalue weighted by molar-refractivity contribution is 7.89. The number of carbonyl (C=O) groups excluding carboxylic acids is 1. The molecule has 2 unspecified atom stereocenters. The molecular weight excluding hydrogens is 424 g/mol.